The maximum absolute atomic E-state index is 10.4. The monoisotopic (exact) mass is 239 g/mol. The van der Waals surface area contributed by atoms with Crippen molar-refractivity contribution in [3.63, 3.8) is 0 Å². The molecule has 4 nitrogen and oxygen atoms in total. The van der Waals surface area contributed by atoms with Crippen LogP contribution in [0.3, 0.4) is 0 Å². The largest absolute Gasteiger partial charge is 0.384 e. The Bertz CT molecular complexity index is 344. The lowest BCUT2D eigenvalue weighted by Crippen LogP contribution is -2.40. The van der Waals surface area contributed by atoms with Gasteiger partial charge in [-0.3, -0.25) is 4.68 Å². The fourth-order valence-corrected chi connectivity index (χ4v) is 1.96. The van der Waals surface area contributed by atoms with Gasteiger partial charge in [0.2, 0.25) is 0 Å². The minimum atomic E-state index is -0.862. The van der Waals surface area contributed by atoms with E-state index in [0.717, 1.165) is 12.0 Å². The van der Waals surface area contributed by atoms with Crippen molar-refractivity contribution in [2.75, 3.05) is 6.54 Å². The molecular formula is C13H25N3O. The van der Waals surface area contributed by atoms with Gasteiger partial charge in [-0.05, 0) is 26.2 Å². The van der Waals surface area contributed by atoms with Crippen molar-refractivity contribution in [1.82, 2.24) is 15.1 Å². The van der Waals surface area contributed by atoms with Crippen LogP contribution in [0.1, 0.15) is 39.7 Å². The fraction of sp³-hybridized carbons (Fsp3) is 0.769. The summed E-state index contributed by atoms with van der Waals surface area (Å²) < 4.78 is 1.71. The summed E-state index contributed by atoms with van der Waals surface area (Å²) in [5, 5.41) is 17.8. The predicted octanol–water partition coefficient (Wildman–Crippen LogP) is 1.65. The Hall–Kier alpha value is -0.870. The number of aromatic nitrogens is 2. The topological polar surface area (TPSA) is 50.1 Å². The third-order valence-corrected chi connectivity index (χ3v) is 2.95. The van der Waals surface area contributed by atoms with Gasteiger partial charge in [-0.1, -0.05) is 13.8 Å². The van der Waals surface area contributed by atoms with E-state index in [1.807, 2.05) is 20.2 Å². The number of aliphatic hydroxyl groups is 1. The second-order valence-electron chi connectivity index (χ2n) is 5.59. The minimum Gasteiger partial charge on any atom is -0.384 e. The molecule has 17 heavy (non-hydrogen) atoms. The maximum atomic E-state index is 10.4. The van der Waals surface area contributed by atoms with Crippen molar-refractivity contribution >= 4 is 0 Å². The number of aryl methyl sites for hydroxylation is 1. The van der Waals surface area contributed by atoms with Crippen LogP contribution in [0.5, 0.6) is 0 Å². The molecule has 2 atom stereocenters. The zero-order chi connectivity index (χ0) is 13.1. The van der Waals surface area contributed by atoms with Crippen molar-refractivity contribution in [2.45, 2.75) is 45.8 Å². The average Bonchev–Trinajstić information content (AvgIpc) is 2.62. The van der Waals surface area contributed by atoms with Gasteiger partial charge in [-0.2, -0.15) is 5.10 Å². The molecule has 0 aliphatic heterocycles. The molecule has 0 saturated heterocycles. The van der Waals surface area contributed by atoms with Gasteiger partial charge in [0.15, 0.2) is 0 Å². The van der Waals surface area contributed by atoms with Crippen molar-refractivity contribution in [3.8, 4) is 0 Å². The normalized spacial score (nSPS) is 17.1. The van der Waals surface area contributed by atoms with E-state index >= 15 is 0 Å². The molecule has 0 radical (unpaired) electrons. The van der Waals surface area contributed by atoms with E-state index in [2.05, 4.69) is 31.2 Å². The summed E-state index contributed by atoms with van der Waals surface area (Å²) in [5.41, 5.74) is -0.0105. The first kappa shape index (κ1) is 14.2. The Morgan fingerprint density at radius 3 is 2.59 bits per heavy atom. The molecule has 0 bridgehead atoms. The zero-order valence-corrected chi connectivity index (χ0v) is 11.6. The SMILES string of the molecule is CC(C)CC(C)NCC(C)(O)c1cnn(C)c1. The van der Waals surface area contributed by atoms with E-state index in [1.165, 1.54) is 0 Å². The Balaban J connectivity index is 2.50. The van der Waals surface area contributed by atoms with Crippen LogP contribution < -0.4 is 5.32 Å². The Morgan fingerprint density at radius 1 is 1.47 bits per heavy atom. The molecule has 0 fully saturated rings. The number of nitrogens with zero attached hydrogens (tertiary/aromatic N) is 2. The minimum absolute atomic E-state index is 0.415. The molecule has 0 saturated carbocycles. The van der Waals surface area contributed by atoms with Gasteiger partial charge >= 0.3 is 0 Å². The van der Waals surface area contributed by atoms with Crippen LogP contribution in [-0.4, -0.2) is 27.5 Å². The molecule has 0 aromatic carbocycles. The van der Waals surface area contributed by atoms with Crippen LogP contribution in [0.4, 0.5) is 0 Å². The standard InChI is InChI=1S/C13H25N3O/c1-10(2)6-11(3)14-9-13(4,17)12-7-15-16(5)8-12/h7-8,10-11,14,17H,6,9H2,1-5H3. The summed E-state index contributed by atoms with van der Waals surface area (Å²) in [6, 6.07) is 0.415. The molecule has 1 heterocycles. The highest BCUT2D eigenvalue weighted by atomic mass is 16.3. The summed E-state index contributed by atoms with van der Waals surface area (Å²) in [5.74, 6) is 0.667. The predicted molar refractivity (Wildman–Crippen MR) is 69.7 cm³/mol. The highest BCUT2D eigenvalue weighted by Gasteiger charge is 2.25. The third-order valence-electron chi connectivity index (χ3n) is 2.95. The summed E-state index contributed by atoms with van der Waals surface area (Å²) in [6.07, 6.45) is 4.69. The smallest absolute Gasteiger partial charge is 0.102 e. The van der Waals surface area contributed by atoms with E-state index in [-0.39, 0.29) is 0 Å². The third kappa shape index (κ3) is 4.48. The lowest BCUT2D eigenvalue weighted by Gasteiger charge is -2.25. The van der Waals surface area contributed by atoms with Crippen molar-refractivity contribution < 1.29 is 5.11 Å². The van der Waals surface area contributed by atoms with Crippen LogP contribution in [-0.2, 0) is 12.6 Å². The summed E-state index contributed by atoms with van der Waals surface area (Å²) in [4.78, 5) is 0. The lowest BCUT2D eigenvalue weighted by atomic mass is 9.98. The molecule has 1 aromatic rings. The van der Waals surface area contributed by atoms with Gasteiger partial charge in [-0.25, -0.2) is 0 Å². The van der Waals surface area contributed by atoms with E-state index in [1.54, 1.807) is 10.9 Å². The first-order valence-electron chi connectivity index (χ1n) is 6.26. The molecule has 1 rings (SSSR count). The molecule has 0 aliphatic rings. The fourth-order valence-electron chi connectivity index (χ4n) is 1.96. The second kappa shape index (κ2) is 5.65. The lowest BCUT2D eigenvalue weighted by molar-refractivity contribution is 0.0536. The first-order chi connectivity index (χ1) is 7.81. The number of rotatable bonds is 6. The van der Waals surface area contributed by atoms with Crippen molar-refractivity contribution in [1.29, 1.82) is 0 Å². The molecule has 98 valence electrons. The quantitative estimate of drug-likeness (QED) is 0.793. The Morgan fingerprint density at radius 2 is 2.12 bits per heavy atom. The van der Waals surface area contributed by atoms with Crippen LogP contribution >= 0.6 is 0 Å². The van der Waals surface area contributed by atoms with Crippen LogP contribution in [0.2, 0.25) is 0 Å². The second-order valence-corrected chi connectivity index (χ2v) is 5.59. The highest BCUT2D eigenvalue weighted by molar-refractivity contribution is 5.14. The van der Waals surface area contributed by atoms with Crippen LogP contribution in [0, 0.1) is 5.92 Å². The Kier molecular flexibility index (Phi) is 4.71. The molecular weight excluding hydrogens is 214 g/mol. The molecule has 4 heteroatoms. The summed E-state index contributed by atoms with van der Waals surface area (Å²) in [6.45, 7) is 8.93. The highest BCUT2D eigenvalue weighted by Crippen LogP contribution is 2.19. The van der Waals surface area contributed by atoms with Gasteiger partial charge < -0.3 is 10.4 Å². The molecule has 0 spiro atoms. The van der Waals surface area contributed by atoms with Gasteiger partial charge in [0.1, 0.15) is 5.60 Å². The van der Waals surface area contributed by atoms with Gasteiger partial charge in [0.25, 0.3) is 0 Å². The van der Waals surface area contributed by atoms with Crippen molar-refractivity contribution in [2.24, 2.45) is 13.0 Å². The molecule has 1 aromatic heterocycles. The zero-order valence-electron chi connectivity index (χ0n) is 11.6. The Labute approximate surface area is 104 Å². The first-order valence-corrected chi connectivity index (χ1v) is 6.26. The van der Waals surface area contributed by atoms with Crippen LogP contribution in [0.15, 0.2) is 12.4 Å². The maximum Gasteiger partial charge on any atom is 0.102 e. The number of hydrogen-bond acceptors (Lipinski definition) is 3. The van der Waals surface area contributed by atoms with Gasteiger partial charge in [0, 0.05) is 31.4 Å². The van der Waals surface area contributed by atoms with E-state index in [4.69, 9.17) is 0 Å². The summed E-state index contributed by atoms with van der Waals surface area (Å²) >= 11 is 0. The number of nitrogens with one attached hydrogen (secondary N) is 1. The van der Waals surface area contributed by atoms with Gasteiger partial charge in [-0.15, -0.1) is 0 Å². The molecule has 0 amide bonds. The number of hydrogen-bond donors (Lipinski definition) is 2. The van der Waals surface area contributed by atoms with E-state index in [9.17, 15) is 5.11 Å². The van der Waals surface area contributed by atoms with Crippen LogP contribution in [0.25, 0.3) is 0 Å². The van der Waals surface area contributed by atoms with Gasteiger partial charge in [0.05, 0.1) is 6.20 Å². The molecule has 2 unspecified atom stereocenters. The molecule has 2 N–H and O–H groups in total. The van der Waals surface area contributed by atoms with E-state index < -0.39 is 5.60 Å². The van der Waals surface area contributed by atoms with E-state index in [0.29, 0.717) is 18.5 Å². The van der Waals surface area contributed by atoms with Crippen molar-refractivity contribution in [3.05, 3.63) is 18.0 Å². The average molecular weight is 239 g/mol. The summed E-state index contributed by atoms with van der Waals surface area (Å²) in [7, 11) is 1.86. The molecule has 0 aliphatic carbocycles.